The molecule has 8 nitrogen and oxygen atoms in total. The molecule has 178 valence electrons. The van der Waals surface area contributed by atoms with Crippen molar-refractivity contribution in [1.82, 2.24) is 4.31 Å². The zero-order valence-electron chi connectivity index (χ0n) is 17.9. The summed E-state index contributed by atoms with van der Waals surface area (Å²) in [6.07, 6.45) is 1.70. The molecular weight excluding hydrogens is 498 g/mol. The molecule has 0 aromatic heterocycles. The smallest absolute Gasteiger partial charge is 0.261 e. The molecule has 11 heteroatoms. The first-order chi connectivity index (χ1) is 16.2. The van der Waals surface area contributed by atoms with Crippen molar-refractivity contribution in [1.29, 1.82) is 0 Å². The summed E-state index contributed by atoms with van der Waals surface area (Å²) >= 11 is 6.24. The van der Waals surface area contributed by atoms with Gasteiger partial charge in [0.25, 0.3) is 15.9 Å². The maximum atomic E-state index is 12.7. The number of benzene rings is 3. The molecule has 34 heavy (non-hydrogen) atoms. The Morgan fingerprint density at radius 3 is 2.03 bits per heavy atom. The van der Waals surface area contributed by atoms with E-state index in [1.165, 1.54) is 58.9 Å². The normalized spacial score (nSPS) is 14.6. The molecule has 1 aliphatic rings. The first-order valence-electron chi connectivity index (χ1n) is 10.5. The summed E-state index contributed by atoms with van der Waals surface area (Å²) in [6.45, 7) is 1.02. The van der Waals surface area contributed by atoms with Crippen molar-refractivity contribution in [3.05, 3.63) is 83.4 Å². The van der Waals surface area contributed by atoms with Crippen molar-refractivity contribution < 1.29 is 21.6 Å². The van der Waals surface area contributed by atoms with Crippen LogP contribution in [-0.4, -0.2) is 40.1 Å². The van der Waals surface area contributed by atoms with Crippen molar-refractivity contribution in [3.8, 4) is 0 Å². The van der Waals surface area contributed by atoms with E-state index in [1.54, 1.807) is 18.2 Å². The van der Waals surface area contributed by atoms with Crippen LogP contribution >= 0.6 is 11.6 Å². The largest absolute Gasteiger partial charge is 0.322 e. The van der Waals surface area contributed by atoms with Gasteiger partial charge in [0.1, 0.15) is 0 Å². The lowest BCUT2D eigenvalue weighted by molar-refractivity contribution is 0.102. The monoisotopic (exact) mass is 519 g/mol. The molecule has 1 aliphatic heterocycles. The third-order valence-electron chi connectivity index (χ3n) is 5.33. The number of nitrogens with zero attached hydrogens (tertiary/aromatic N) is 1. The fourth-order valence-electron chi connectivity index (χ4n) is 3.56. The number of halogens is 1. The van der Waals surface area contributed by atoms with Crippen molar-refractivity contribution in [2.75, 3.05) is 23.1 Å². The van der Waals surface area contributed by atoms with Gasteiger partial charge in [0.05, 0.1) is 26.1 Å². The van der Waals surface area contributed by atoms with Crippen molar-refractivity contribution in [2.24, 2.45) is 0 Å². The van der Waals surface area contributed by atoms with E-state index in [-0.39, 0.29) is 26.1 Å². The van der Waals surface area contributed by atoms with Gasteiger partial charge in [-0.3, -0.25) is 9.52 Å². The lowest BCUT2D eigenvalue weighted by Crippen LogP contribution is -2.27. The molecular formula is C23H22ClN3O5S2. The van der Waals surface area contributed by atoms with Gasteiger partial charge < -0.3 is 5.32 Å². The van der Waals surface area contributed by atoms with Crippen LogP contribution in [0, 0.1) is 0 Å². The van der Waals surface area contributed by atoms with Gasteiger partial charge in [-0.05, 0) is 67.4 Å². The van der Waals surface area contributed by atoms with Gasteiger partial charge in [0.15, 0.2) is 0 Å². The van der Waals surface area contributed by atoms with Gasteiger partial charge in [-0.25, -0.2) is 16.8 Å². The third-order valence-corrected chi connectivity index (χ3v) is 8.96. The summed E-state index contributed by atoms with van der Waals surface area (Å²) in [7, 11) is -7.34. The number of amides is 1. The van der Waals surface area contributed by atoms with Gasteiger partial charge in [-0.15, -0.1) is 0 Å². The summed E-state index contributed by atoms with van der Waals surface area (Å²) in [5.41, 5.74) is 0.746. The molecule has 0 atom stereocenters. The number of anilines is 2. The molecule has 0 aliphatic carbocycles. The maximum absolute atomic E-state index is 12.7. The second-order valence-electron chi connectivity index (χ2n) is 7.70. The number of carbonyl (C=O) groups excluding carboxylic acids is 1. The quantitative estimate of drug-likeness (QED) is 0.486. The molecule has 1 saturated heterocycles. The molecule has 4 rings (SSSR count). The summed E-state index contributed by atoms with van der Waals surface area (Å²) in [5.74, 6) is -0.516. The molecule has 1 fully saturated rings. The van der Waals surface area contributed by atoms with Crippen LogP contribution in [0.25, 0.3) is 0 Å². The van der Waals surface area contributed by atoms with E-state index in [4.69, 9.17) is 11.6 Å². The molecule has 0 spiro atoms. The highest BCUT2D eigenvalue weighted by molar-refractivity contribution is 7.92. The van der Waals surface area contributed by atoms with Crippen LogP contribution in [0.5, 0.6) is 0 Å². The van der Waals surface area contributed by atoms with Gasteiger partial charge in [-0.2, -0.15) is 4.31 Å². The fourth-order valence-corrected chi connectivity index (χ4v) is 6.42. The van der Waals surface area contributed by atoms with E-state index in [0.29, 0.717) is 18.8 Å². The predicted octanol–water partition coefficient (Wildman–Crippen LogP) is 4.18. The van der Waals surface area contributed by atoms with Gasteiger partial charge in [0.2, 0.25) is 10.0 Å². The number of nitrogens with one attached hydrogen (secondary N) is 2. The van der Waals surface area contributed by atoms with Crippen molar-refractivity contribution in [3.63, 3.8) is 0 Å². The van der Waals surface area contributed by atoms with E-state index < -0.39 is 26.0 Å². The van der Waals surface area contributed by atoms with Crippen LogP contribution < -0.4 is 10.0 Å². The Labute approximate surface area is 203 Å². The van der Waals surface area contributed by atoms with E-state index >= 15 is 0 Å². The lowest BCUT2D eigenvalue weighted by atomic mass is 10.2. The SMILES string of the molecule is O=C(Nc1ccc(S(=O)(=O)N2CCCC2)cc1)c1ccc(NS(=O)(=O)c2ccccc2)cc1Cl. The Hall–Kier alpha value is -2.92. The Kier molecular flexibility index (Phi) is 6.94. The highest BCUT2D eigenvalue weighted by Gasteiger charge is 2.27. The second-order valence-corrected chi connectivity index (χ2v) is 11.7. The van der Waals surface area contributed by atoms with Gasteiger partial charge in [0, 0.05) is 18.8 Å². The third kappa shape index (κ3) is 5.25. The Bertz CT molecular complexity index is 1400. The van der Waals surface area contributed by atoms with Crippen LogP contribution in [0.15, 0.2) is 82.6 Å². The van der Waals surface area contributed by atoms with E-state index in [9.17, 15) is 21.6 Å². The van der Waals surface area contributed by atoms with E-state index in [1.807, 2.05) is 0 Å². The standard InChI is InChI=1S/C23H22ClN3O5S2/c24-22-16-18(26-33(29,30)19-6-2-1-3-7-19)10-13-21(22)23(28)25-17-8-11-20(12-9-17)34(31,32)27-14-4-5-15-27/h1-3,6-13,16,26H,4-5,14-15H2,(H,25,28). The molecule has 2 N–H and O–H groups in total. The highest BCUT2D eigenvalue weighted by Crippen LogP contribution is 2.26. The zero-order valence-corrected chi connectivity index (χ0v) is 20.3. The number of sulfonamides is 2. The topological polar surface area (TPSA) is 113 Å². The summed E-state index contributed by atoms with van der Waals surface area (Å²) < 4.78 is 54.1. The Morgan fingerprint density at radius 1 is 0.794 bits per heavy atom. The minimum Gasteiger partial charge on any atom is -0.322 e. The van der Waals surface area contributed by atoms with Crippen LogP contribution in [-0.2, 0) is 20.0 Å². The Morgan fingerprint density at radius 2 is 1.41 bits per heavy atom. The average molecular weight is 520 g/mol. The molecule has 1 amide bonds. The van der Waals surface area contributed by atoms with Crippen LogP contribution in [0.1, 0.15) is 23.2 Å². The predicted molar refractivity (Wildman–Crippen MR) is 131 cm³/mol. The summed E-state index contributed by atoms with van der Waals surface area (Å²) in [5, 5.41) is 2.72. The van der Waals surface area contributed by atoms with Gasteiger partial charge >= 0.3 is 0 Å². The first kappa shape index (κ1) is 24.2. The molecule has 0 radical (unpaired) electrons. The fraction of sp³-hybridized carbons (Fsp3) is 0.174. The van der Waals surface area contributed by atoms with Crippen LogP contribution in [0.2, 0.25) is 5.02 Å². The second kappa shape index (κ2) is 9.75. The Balaban J connectivity index is 1.45. The molecule has 0 saturated carbocycles. The minimum absolute atomic E-state index is 0.0546. The van der Waals surface area contributed by atoms with Crippen LogP contribution in [0.3, 0.4) is 0 Å². The summed E-state index contributed by atoms with van der Waals surface area (Å²) in [4.78, 5) is 13.0. The van der Waals surface area contributed by atoms with E-state index in [2.05, 4.69) is 10.0 Å². The first-order valence-corrected chi connectivity index (χ1v) is 13.8. The number of rotatable bonds is 7. The number of hydrogen-bond donors (Lipinski definition) is 2. The lowest BCUT2D eigenvalue weighted by Gasteiger charge is -2.15. The maximum Gasteiger partial charge on any atom is 0.261 e. The van der Waals surface area contributed by atoms with Crippen molar-refractivity contribution >= 4 is 48.9 Å². The van der Waals surface area contributed by atoms with E-state index in [0.717, 1.165) is 12.8 Å². The van der Waals surface area contributed by atoms with Gasteiger partial charge in [-0.1, -0.05) is 29.8 Å². The molecule has 0 bridgehead atoms. The number of hydrogen-bond acceptors (Lipinski definition) is 5. The highest BCUT2D eigenvalue weighted by atomic mass is 35.5. The molecule has 1 heterocycles. The zero-order chi connectivity index (χ0) is 24.3. The molecule has 3 aromatic rings. The number of carbonyl (C=O) groups is 1. The van der Waals surface area contributed by atoms with Crippen LogP contribution in [0.4, 0.5) is 11.4 Å². The molecule has 0 unspecified atom stereocenters. The average Bonchev–Trinajstić information content (AvgIpc) is 3.36. The summed E-state index contributed by atoms with van der Waals surface area (Å²) in [6, 6.07) is 18.0. The molecule has 3 aromatic carbocycles. The minimum atomic E-state index is -3.80. The van der Waals surface area contributed by atoms with Crippen molar-refractivity contribution in [2.45, 2.75) is 22.6 Å².